The molecule has 0 spiro atoms. The molecule has 1 heterocycles. The van der Waals surface area contributed by atoms with E-state index >= 15 is 0 Å². The van der Waals surface area contributed by atoms with E-state index < -0.39 is 17.5 Å². The third kappa shape index (κ3) is 4.35. The lowest BCUT2D eigenvalue weighted by Gasteiger charge is -2.16. The van der Waals surface area contributed by atoms with E-state index in [4.69, 9.17) is 27.9 Å². The zero-order chi connectivity index (χ0) is 20.3. The van der Waals surface area contributed by atoms with Gasteiger partial charge in [-0.25, -0.2) is 4.68 Å². The number of methoxy groups -OCH3 is 1. The molecule has 1 unspecified atom stereocenters. The maximum absolute atomic E-state index is 12.6. The first-order chi connectivity index (χ1) is 13.4. The number of amides is 1. The van der Waals surface area contributed by atoms with Gasteiger partial charge in [0.25, 0.3) is 5.56 Å². The Bertz CT molecular complexity index is 1070. The van der Waals surface area contributed by atoms with E-state index in [1.807, 2.05) is 12.1 Å². The Kier molecular flexibility index (Phi) is 6.02. The van der Waals surface area contributed by atoms with Crippen LogP contribution < -0.4 is 15.6 Å². The second kappa shape index (κ2) is 8.46. The topological polar surface area (TPSA) is 73.2 Å². The lowest BCUT2D eigenvalue weighted by atomic mass is 10.1. The van der Waals surface area contributed by atoms with E-state index in [0.29, 0.717) is 27.2 Å². The number of anilines is 1. The third-order valence-corrected chi connectivity index (χ3v) is 4.71. The number of hydrogen-bond donors (Lipinski definition) is 1. The van der Waals surface area contributed by atoms with Crippen LogP contribution in [0.15, 0.2) is 59.4 Å². The summed E-state index contributed by atoms with van der Waals surface area (Å²) in [6.45, 7) is 1.58. The molecule has 3 rings (SSSR count). The molecule has 1 aromatic heterocycles. The Morgan fingerprint density at radius 3 is 2.50 bits per heavy atom. The molecule has 1 atom stereocenters. The van der Waals surface area contributed by atoms with Crippen molar-refractivity contribution in [3.63, 3.8) is 0 Å². The Morgan fingerprint density at radius 2 is 1.82 bits per heavy atom. The summed E-state index contributed by atoms with van der Waals surface area (Å²) in [4.78, 5) is 24.9. The Balaban J connectivity index is 1.88. The van der Waals surface area contributed by atoms with E-state index in [-0.39, 0.29) is 0 Å². The first-order valence-corrected chi connectivity index (χ1v) is 9.15. The van der Waals surface area contributed by atoms with Gasteiger partial charge in [0.05, 0.1) is 23.5 Å². The standard InChI is InChI=1S/C20H17Cl2N3O3/c1-12(20(27)23-18-11-14(21)5-8-16(18)22)25-19(26)10-9-17(24-25)13-3-6-15(28-2)7-4-13/h3-12H,1-2H3,(H,23,27). The number of halogens is 2. The van der Waals surface area contributed by atoms with Crippen molar-refractivity contribution >= 4 is 34.8 Å². The van der Waals surface area contributed by atoms with Gasteiger partial charge in [-0.3, -0.25) is 9.59 Å². The summed E-state index contributed by atoms with van der Waals surface area (Å²) in [5.41, 5.74) is 1.32. The first kappa shape index (κ1) is 19.9. The lowest BCUT2D eigenvalue weighted by Crippen LogP contribution is -2.33. The fourth-order valence-corrected chi connectivity index (χ4v) is 2.90. The van der Waals surface area contributed by atoms with Crippen molar-refractivity contribution < 1.29 is 9.53 Å². The van der Waals surface area contributed by atoms with E-state index in [9.17, 15) is 9.59 Å². The van der Waals surface area contributed by atoms with Crippen molar-refractivity contribution in [1.29, 1.82) is 0 Å². The molecule has 1 N–H and O–H groups in total. The van der Waals surface area contributed by atoms with Crippen LogP contribution in [0.1, 0.15) is 13.0 Å². The van der Waals surface area contributed by atoms with Gasteiger partial charge >= 0.3 is 0 Å². The van der Waals surface area contributed by atoms with Gasteiger partial charge < -0.3 is 10.1 Å². The summed E-state index contributed by atoms with van der Waals surface area (Å²) in [5, 5.41) is 7.80. The molecule has 0 aliphatic rings. The largest absolute Gasteiger partial charge is 0.497 e. The second-order valence-electron chi connectivity index (χ2n) is 6.02. The molecule has 0 bridgehead atoms. The molecule has 0 fully saturated rings. The molecule has 144 valence electrons. The molecule has 0 aliphatic heterocycles. The van der Waals surface area contributed by atoms with Crippen molar-refractivity contribution in [2.24, 2.45) is 0 Å². The number of nitrogens with zero attached hydrogens (tertiary/aromatic N) is 2. The third-order valence-electron chi connectivity index (χ3n) is 4.14. The Labute approximate surface area is 171 Å². The predicted molar refractivity (Wildman–Crippen MR) is 110 cm³/mol. The van der Waals surface area contributed by atoms with Crippen molar-refractivity contribution in [1.82, 2.24) is 9.78 Å². The molecule has 3 aromatic rings. The smallest absolute Gasteiger partial charge is 0.267 e. The molecule has 0 aliphatic carbocycles. The molecule has 1 amide bonds. The fourth-order valence-electron chi connectivity index (χ4n) is 2.56. The Morgan fingerprint density at radius 1 is 1.11 bits per heavy atom. The average Bonchev–Trinajstić information content (AvgIpc) is 2.70. The normalized spacial score (nSPS) is 11.7. The number of aromatic nitrogens is 2. The highest BCUT2D eigenvalue weighted by Crippen LogP contribution is 2.26. The summed E-state index contributed by atoms with van der Waals surface area (Å²) in [6, 6.07) is 14.1. The molecule has 0 saturated heterocycles. The van der Waals surface area contributed by atoms with Crippen molar-refractivity contribution in [2.45, 2.75) is 13.0 Å². The van der Waals surface area contributed by atoms with Gasteiger partial charge in [-0.05, 0) is 55.5 Å². The van der Waals surface area contributed by atoms with Crippen LogP contribution in [0.25, 0.3) is 11.3 Å². The number of rotatable bonds is 5. The molecule has 0 saturated carbocycles. The van der Waals surface area contributed by atoms with Gasteiger partial charge in [0, 0.05) is 16.7 Å². The summed E-state index contributed by atoms with van der Waals surface area (Å²) in [6.07, 6.45) is 0. The highest BCUT2D eigenvalue weighted by atomic mass is 35.5. The van der Waals surface area contributed by atoms with Crippen LogP contribution in [-0.4, -0.2) is 22.8 Å². The highest BCUT2D eigenvalue weighted by molar-refractivity contribution is 6.35. The van der Waals surface area contributed by atoms with E-state index in [0.717, 1.165) is 10.2 Å². The minimum Gasteiger partial charge on any atom is -0.497 e. The maximum Gasteiger partial charge on any atom is 0.267 e. The van der Waals surface area contributed by atoms with E-state index in [1.54, 1.807) is 50.4 Å². The van der Waals surface area contributed by atoms with Crippen molar-refractivity contribution in [2.75, 3.05) is 12.4 Å². The van der Waals surface area contributed by atoms with Gasteiger partial charge in [0.15, 0.2) is 0 Å². The predicted octanol–water partition coefficient (Wildman–Crippen LogP) is 4.43. The van der Waals surface area contributed by atoms with Crippen LogP contribution in [0.2, 0.25) is 10.0 Å². The zero-order valence-corrected chi connectivity index (χ0v) is 16.7. The van der Waals surface area contributed by atoms with Gasteiger partial charge in [0.1, 0.15) is 11.8 Å². The SMILES string of the molecule is COc1ccc(-c2ccc(=O)n(C(C)C(=O)Nc3cc(Cl)ccc3Cl)n2)cc1. The number of carbonyl (C=O) groups excluding carboxylic acids is 1. The number of benzene rings is 2. The fraction of sp³-hybridized carbons (Fsp3) is 0.150. The van der Waals surface area contributed by atoms with E-state index in [2.05, 4.69) is 10.4 Å². The second-order valence-corrected chi connectivity index (χ2v) is 6.86. The Hall–Kier alpha value is -2.83. The minimum absolute atomic E-state index is 0.345. The van der Waals surface area contributed by atoms with Crippen LogP contribution >= 0.6 is 23.2 Å². The molecule has 6 nitrogen and oxygen atoms in total. The van der Waals surface area contributed by atoms with Crippen LogP contribution in [0, 0.1) is 0 Å². The number of carbonyl (C=O) groups is 1. The van der Waals surface area contributed by atoms with Crippen LogP contribution in [0.3, 0.4) is 0 Å². The number of ether oxygens (including phenoxy) is 1. The molecule has 8 heteroatoms. The maximum atomic E-state index is 12.6. The highest BCUT2D eigenvalue weighted by Gasteiger charge is 2.19. The summed E-state index contributed by atoms with van der Waals surface area (Å²) in [7, 11) is 1.58. The molecule has 0 radical (unpaired) electrons. The minimum atomic E-state index is -0.860. The monoisotopic (exact) mass is 417 g/mol. The molecular weight excluding hydrogens is 401 g/mol. The van der Waals surface area contributed by atoms with Crippen molar-refractivity contribution in [3.8, 4) is 17.0 Å². The lowest BCUT2D eigenvalue weighted by molar-refractivity contribution is -0.119. The van der Waals surface area contributed by atoms with E-state index in [1.165, 1.54) is 6.07 Å². The van der Waals surface area contributed by atoms with Gasteiger partial charge in [-0.2, -0.15) is 5.10 Å². The average molecular weight is 418 g/mol. The molecular formula is C20H17Cl2N3O3. The summed E-state index contributed by atoms with van der Waals surface area (Å²) in [5.74, 6) is 0.272. The summed E-state index contributed by atoms with van der Waals surface area (Å²) >= 11 is 12.0. The quantitative estimate of drug-likeness (QED) is 0.666. The van der Waals surface area contributed by atoms with Crippen molar-refractivity contribution in [3.05, 3.63) is 75.0 Å². The van der Waals surface area contributed by atoms with Gasteiger partial charge in [-0.15, -0.1) is 0 Å². The molecule has 28 heavy (non-hydrogen) atoms. The van der Waals surface area contributed by atoms with Crippen LogP contribution in [-0.2, 0) is 4.79 Å². The summed E-state index contributed by atoms with van der Waals surface area (Å²) < 4.78 is 6.28. The van der Waals surface area contributed by atoms with Gasteiger partial charge in [-0.1, -0.05) is 23.2 Å². The zero-order valence-electron chi connectivity index (χ0n) is 15.1. The number of hydrogen-bond acceptors (Lipinski definition) is 4. The van der Waals surface area contributed by atoms with Crippen LogP contribution in [0.4, 0.5) is 5.69 Å². The molecule has 2 aromatic carbocycles. The van der Waals surface area contributed by atoms with Gasteiger partial charge in [0.2, 0.25) is 5.91 Å². The first-order valence-electron chi connectivity index (χ1n) is 8.39. The number of nitrogens with one attached hydrogen (secondary N) is 1. The van der Waals surface area contributed by atoms with Crippen LogP contribution in [0.5, 0.6) is 5.75 Å².